The van der Waals surface area contributed by atoms with Crippen LogP contribution in [0.1, 0.15) is 12.8 Å². The van der Waals surface area contributed by atoms with Gasteiger partial charge in [0.2, 0.25) is 10.0 Å². The molecule has 1 atom stereocenters. The van der Waals surface area contributed by atoms with Gasteiger partial charge in [-0.2, -0.15) is 0 Å². The van der Waals surface area contributed by atoms with Crippen molar-refractivity contribution in [2.24, 2.45) is 0 Å². The van der Waals surface area contributed by atoms with Crippen molar-refractivity contribution in [2.75, 3.05) is 13.1 Å². The molecule has 9 heteroatoms. The fourth-order valence-corrected chi connectivity index (χ4v) is 3.31. The van der Waals surface area contributed by atoms with Crippen LogP contribution in [0.2, 0.25) is 0 Å². The lowest BCUT2D eigenvalue weighted by molar-refractivity contribution is -0.385. The van der Waals surface area contributed by atoms with Crippen LogP contribution in [0.25, 0.3) is 0 Å². The first-order valence-corrected chi connectivity index (χ1v) is 7.45. The second-order valence-electron chi connectivity index (χ2n) is 4.42. The van der Waals surface area contributed by atoms with E-state index in [1.807, 2.05) is 0 Å². The maximum absolute atomic E-state index is 12.1. The van der Waals surface area contributed by atoms with Crippen molar-refractivity contribution >= 4 is 28.1 Å². The monoisotopic (exact) mass is 321 g/mol. The molecule has 0 unspecified atom stereocenters. The maximum Gasteiger partial charge on any atom is 0.270 e. The highest BCUT2D eigenvalue weighted by molar-refractivity contribution is 7.89. The van der Waals surface area contributed by atoms with E-state index in [2.05, 4.69) is 10.0 Å². The van der Waals surface area contributed by atoms with Crippen LogP contribution in [-0.4, -0.2) is 32.5 Å². The molecule has 1 aromatic carbocycles. The van der Waals surface area contributed by atoms with Gasteiger partial charge in [-0.1, -0.05) is 6.07 Å². The Labute approximate surface area is 123 Å². The minimum Gasteiger partial charge on any atom is -0.315 e. The molecule has 1 fully saturated rings. The predicted molar refractivity (Wildman–Crippen MR) is 76.6 cm³/mol. The van der Waals surface area contributed by atoms with E-state index in [1.165, 1.54) is 18.2 Å². The van der Waals surface area contributed by atoms with E-state index in [1.54, 1.807) is 0 Å². The van der Waals surface area contributed by atoms with E-state index in [0.717, 1.165) is 25.5 Å². The van der Waals surface area contributed by atoms with Crippen LogP contribution >= 0.6 is 12.4 Å². The zero-order chi connectivity index (χ0) is 13.9. The molecule has 2 rings (SSSR count). The quantitative estimate of drug-likeness (QED) is 0.637. The highest BCUT2D eigenvalue weighted by Gasteiger charge is 2.23. The first-order valence-electron chi connectivity index (χ1n) is 5.96. The van der Waals surface area contributed by atoms with Gasteiger partial charge in [0, 0.05) is 24.7 Å². The number of nitro groups is 1. The molecule has 2 N–H and O–H groups in total. The molecule has 0 aromatic heterocycles. The zero-order valence-electron chi connectivity index (χ0n) is 10.6. The number of halogens is 1. The van der Waals surface area contributed by atoms with Crippen LogP contribution in [0, 0.1) is 10.1 Å². The van der Waals surface area contributed by atoms with Crippen molar-refractivity contribution in [3.05, 3.63) is 34.4 Å². The molecule has 0 radical (unpaired) electrons. The first-order chi connectivity index (χ1) is 8.99. The van der Waals surface area contributed by atoms with E-state index < -0.39 is 14.9 Å². The number of nitrogens with one attached hydrogen (secondary N) is 2. The molecule has 20 heavy (non-hydrogen) atoms. The number of nitro benzene ring substituents is 1. The number of piperidine rings is 1. The third-order valence-corrected chi connectivity index (χ3v) is 4.48. The van der Waals surface area contributed by atoms with Gasteiger partial charge < -0.3 is 5.32 Å². The molecular formula is C11H16ClN3O4S. The van der Waals surface area contributed by atoms with Crippen molar-refractivity contribution < 1.29 is 13.3 Å². The number of non-ortho nitro benzene ring substituents is 1. The standard InChI is InChI=1S/C11H15N3O4S.ClH/c15-14(16)10-4-1-5-11(7-10)19(17,18)13-9-3-2-6-12-8-9;/h1,4-5,7,9,12-13H,2-3,6,8H2;1H/t9-;/m1./s1. The number of hydrogen-bond donors (Lipinski definition) is 2. The fourth-order valence-electron chi connectivity index (χ4n) is 2.00. The van der Waals surface area contributed by atoms with Crippen LogP contribution < -0.4 is 10.0 Å². The summed E-state index contributed by atoms with van der Waals surface area (Å²) in [5.41, 5.74) is -0.232. The minimum absolute atomic E-state index is 0. The summed E-state index contributed by atoms with van der Waals surface area (Å²) in [5, 5.41) is 13.8. The Bertz CT molecular complexity index is 573. The molecule has 1 saturated heterocycles. The topological polar surface area (TPSA) is 101 Å². The van der Waals surface area contributed by atoms with Gasteiger partial charge in [-0.3, -0.25) is 10.1 Å². The average Bonchev–Trinajstić information content (AvgIpc) is 2.39. The smallest absolute Gasteiger partial charge is 0.270 e. The van der Waals surface area contributed by atoms with Gasteiger partial charge in [-0.15, -0.1) is 12.4 Å². The van der Waals surface area contributed by atoms with Crippen LogP contribution in [0.3, 0.4) is 0 Å². The van der Waals surface area contributed by atoms with Crippen LogP contribution in [0.4, 0.5) is 5.69 Å². The van der Waals surface area contributed by atoms with E-state index >= 15 is 0 Å². The van der Waals surface area contributed by atoms with Gasteiger partial charge >= 0.3 is 0 Å². The van der Waals surface area contributed by atoms with Gasteiger partial charge in [-0.25, -0.2) is 13.1 Å². The van der Waals surface area contributed by atoms with Gasteiger partial charge in [0.25, 0.3) is 5.69 Å². The summed E-state index contributed by atoms with van der Waals surface area (Å²) in [6.45, 7) is 1.46. The first kappa shape index (κ1) is 16.8. The number of benzene rings is 1. The van der Waals surface area contributed by atoms with Crippen molar-refractivity contribution in [1.29, 1.82) is 0 Å². The fraction of sp³-hybridized carbons (Fsp3) is 0.455. The molecule has 0 aliphatic carbocycles. The minimum atomic E-state index is -3.71. The Kier molecular flexibility index (Phi) is 5.88. The molecule has 1 aliphatic heterocycles. The van der Waals surface area contributed by atoms with Gasteiger partial charge in [0.15, 0.2) is 0 Å². The normalized spacial score (nSPS) is 19.1. The lowest BCUT2D eigenvalue weighted by Crippen LogP contribution is -2.45. The van der Waals surface area contributed by atoms with E-state index in [0.29, 0.717) is 6.54 Å². The van der Waals surface area contributed by atoms with Crippen molar-refractivity contribution in [2.45, 2.75) is 23.8 Å². The Morgan fingerprint density at radius 2 is 2.15 bits per heavy atom. The molecule has 1 heterocycles. The predicted octanol–water partition coefficient (Wildman–Crippen LogP) is 1.05. The lowest BCUT2D eigenvalue weighted by atomic mass is 10.1. The number of sulfonamides is 1. The number of rotatable bonds is 4. The molecule has 0 bridgehead atoms. The molecule has 1 aliphatic rings. The van der Waals surface area contributed by atoms with E-state index in [4.69, 9.17) is 0 Å². The third-order valence-electron chi connectivity index (χ3n) is 2.96. The Balaban J connectivity index is 0.00000200. The van der Waals surface area contributed by atoms with Crippen molar-refractivity contribution in [1.82, 2.24) is 10.0 Å². The highest BCUT2D eigenvalue weighted by atomic mass is 35.5. The molecular weight excluding hydrogens is 306 g/mol. The van der Waals surface area contributed by atoms with E-state index in [9.17, 15) is 18.5 Å². The molecule has 0 amide bonds. The van der Waals surface area contributed by atoms with Crippen molar-refractivity contribution in [3.8, 4) is 0 Å². The number of hydrogen-bond acceptors (Lipinski definition) is 5. The van der Waals surface area contributed by atoms with Crippen molar-refractivity contribution in [3.63, 3.8) is 0 Å². The third kappa shape index (κ3) is 4.14. The summed E-state index contributed by atoms with van der Waals surface area (Å²) < 4.78 is 26.8. The Hall–Kier alpha value is -1.22. The largest absolute Gasteiger partial charge is 0.315 e. The number of nitrogens with zero attached hydrogens (tertiary/aromatic N) is 1. The Morgan fingerprint density at radius 1 is 1.40 bits per heavy atom. The highest BCUT2D eigenvalue weighted by Crippen LogP contribution is 2.18. The molecule has 112 valence electrons. The lowest BCUT2D eigenvalue weighted by Gasteiger charge is -2.23. The Morgan fingerprint density at radius 3 is 2.75 bits per heavy atom. The average molecular weight is 322 g/mol. The molecule has 7 nitrogen and oxygen atoms in total. The summed E-state index contributed by atoms with van der Waals surface area (Å²) in [7, 11) is -3.71. The van der Waals surface area contributed by atoms with Gasteiger partial charge in [0.1, 0.15) is 0 Å². The zero-order valence-corrected chi connectivity index (χ0v) is 12.2. The SMILES string of the molecule is Cl.O=[N+]([O-])c1cccc(S(=O)(=O)N[C@@H]2CCCNC2)c1. The summed E-state index contributed by atoms with van der Waals surface area (Å²) >= 11 is 0. The summed E-state index contributed by atoms with van der Waals surface area (Å²) in [5.74, 6) is 0. The van der Waals surface area contributed by atoms with Crippen LogP contribution in [0.15, 0.2) is 29.2 Å². The molecule has 1 aromatic rings. The summed E-state index contributed by atoms with van der Waals surface area (Å²) in [6.07, 6.45) is 1.67. The molecule has 0 spiro atoms. The summed E-state index contributed by atoms with van der Waals surface area (Å²) in [4.78, 5) is 9.96. The maximum atomic E-state index is 12.1. The second kappa shape index (κ2) is 6.98. The van der Waals surface area contributed by atoms with E-state index in [-0.39, 0.29) is 29.0 Å². The van der Waals surface area contributed by atoms with Gasteiger partial charge in [0.05, 0.1) is 9.82 Å². The van der Waals surface area contributed by atoms with Crippen LogP contribution in [-0.2, 0) is 10.0 Å². The second-order valence-corrected chi connectivity index (χ2v) is 6.13. The summed E-state index contributed by atoms with van der Waals surface area (Å²) in [6, 6.07) is 4.88. The van der Waals surface area contributed by atoms with Crippen LogP contribution in [0.5, 0.6) is 0 Å². The van der Waals surface area contributed by atoms with Gasteiger partial charge in [-0.05, 0) is 25.5 Å². The molecule has 0 saturated carbocycles.